The van der Waals surface area contributed by atoms with Gasteiger partial charge in [-0.25, -0.2) is 0 Å². The summed E-state index contributed by atoms with van der Waals surface area (Å²) in [5.74, 6) is 1.16. The summed E-state index contributed by atoms with van der Waals surface area (Å²) < 4.78 is 0. The Morgan fingerprint density at radius 1 is 1.00 bits per heavy atom. The Labute approximate surface area is 127 Å². The van der Waals surface area contributed by atoms with Gasteiger partial charge in [0.05, 0.1) is 0 Å². The Morgan fingerprint density at radius 3 is 2.55 bits per heavy atom. The minimum Gasteiger partial charge on any atom is -0.313 e. The van der Waals surface area contributed by atoms with Crippen molar-refractivity contribution in [3.63, 3.8) is 0 Å². The van der Waals surface area contributed by atoms with E-state index in [0.29, 0.717) is 6.04 Å². The van der Waals surface area contributed by atoms with Crippen molar-refractivity contribution in [1.29, 1.82) is 0 Å². The van der Waals surface area contributed by atoms with Crippen LogP contribution in [0.3, 0.4) is 0 Å². The number of benzene rings is 2. The molecular weight excluding hydrogens is 262 g/mol. The lowest BCUT2D eigenvalue weighted by molar-refractivity contribution is 0.514. The Morgan fingerprint density at radius 2 is 1.80 bits per heavy atom. The summed E-state index contributed by atoms with van der Waals surface area (Å²) in [7, 11) is 0. The highest BCUT2D eigenvalue weighted by atomic mass is 32.2. The smallest absolute Gasteiger partial charge is 0.0161 e. The van der Waals surface area contributed by atoms with Gasteiger partial charge in [0.2, 0.25) is 0 Å². The zero-order valence-corrected chi connectivity index (χ0v) is 13.4. The molecule has 0 aromatic heterocycles. The van der Waals surface area contributed by atoms with Crippen LogP contribution in [-0.4, -0.2) is 18.3 Å². The summed E-state index contributed by atoms with van der Waals surface area (Å²) in [4.78, 5) is 1.38. The maximum atomic E-state index is 3.66. The van der Waals surface area contributed by atoms with E-state index in [9.17, 15) is 0 Å². The van der Waals surface area contributed by atoms with Gasteiger partial charge in [-0.3, -0.25) is 0 Å². The van der Waals surface area contributed by atoms with E-state index in [1.54, 1.807) is 0 Å². The van der Waals surface area contributed by atoms with Gasteiger partial charge in [-0.2, -0.15) is 0 Å². The maximum Gasteiger partial charge on any atom is 0.0161 e. The second-order valence-corrected chi connectivity index (χ2v) is 6.35. The van der Waals surface area contributed by atoms with Crippen molar-refractivity contribution in [3.8, 4) is 0 Å². The van der Waals surface area contributed by atoms with E-state index in [4.69, 9.17) is 0 Å². The Kier molecular flexibility index (Phi) is 6.41. The van der Waals surface area contributed by atoms with Crippen molar-refractivity contribution in [2.45, 2.75) is 44.0 Å². The Bertz CT molecular complexity index is 524. The molecule has 108 valence electrons. The normalized spacial score (nSPS) is 12.7. The van der Waals surface area contributed by atoms with E-state index in [2.05, 4.69) is 61.6 Å². The summed E-state index contributed by atoms with van der Waals surface area (Å²) in [6, 6.07) is 16.0. The van der Waals surface area contributed by atoms with Gasteiger partial charge in [0, 0.05) is 16.7 Å². The summed E-state index contributed by atoms with van der Waals surface area (Å²) >= 11 is 1.97. The first-order valence-corrected chi connectivity index (χ1v) is 8.67. The molecule has 0 aliphatic rings. The van der Waals surface area contributed by atoms with E-state index < -0.39 is 0 Å². The van der Waals surface area contributed by atoms with E-state index >= 15 is 0 Å². The fourth-order valence-electron chi connectivity index (χ4n) is 2.40. The standard InChI is InChI=1S/C18H25NS/c1-3-7-17(19-12-4-2)14-20-18-11-10-15-8-5-6-9-16(15)13-18/h5-6,8-11,13,17,19H,3-4,7,12,14H2,1-2H3. The molecule has 0 saturated heterocycles. The third-order valence-electron chi connectivity index (χ3n) is 3.49. The molecule has 2 rings (SSSR count). The monoisotopic (exact) mass is 287 g/mol. The molecule has 0 amide bonds. The maximum absolute atomic E-state index is 3.66. The van der Waals surface area contributed by atoms with Crippen molar-refractivity contribution in [3.05, 3.63) is 42.5 Å². The van der Waals surface area contributed by atoms with Crippen LogP contribution in [0, 0.1) is 0 Å². The molecule has 1 N–H and O–H groups in total. The molecule has 0 aliphatic carbocycles. The van der Waals surface area contributed by atoms with Gasteiger partial charge in [-0.1, -0.05) is 50.6 Å². The van der Waals surface area contributed by atoms with Crippen molar-refractivity contribution >= 4 is 22.5 Å². The molecule has 0 spiro atoms. The number of nitrogens with one attached hydrogen (secondary N) is 1. The van der Waals surface area contributed by atoms with Crippen LogP contribution in [0.4, 0.5) is 0 Å². The van der Waals surface area contributed by atoms with Crippen molar-refractivity contribution < 1.29 is 0 Å². The Hall–Kier alpha value is -0.990. The highest BCUT2D eigenvalue weighted by Crippen LogP contribution is 2.24. The van der Waals surface area contributed by atoms with Crippen LogP contribution in [0.25, 0.3) is 10.8 Å². The largest absolute Gasteiger partial charge is 0.313 e. The molecular formula is C18H25NS. The molecule has 2 aromatic rings. The molecule has 2 aromatic carbocycles. The minimum absolute atomic E-state index is 0.636. The molecule has 0 aliphatic heterocycles. The lowest BCUT2D eigenvalue weighted by Gasteiger charge is -2.17. The summed E-state index contributed by atoms with van der Waals surface area (Å²) in [6.07, 6.45) is 3.72. The third kappa shape index (κ3) is 4.53. The molecule has 0 saturated carbocycles. The van der Waals surface area contributed by atoms with Crippen LogP contribution in [0.2, 0.25) is 0 Å². The van der Waals surface area contributed by atoms with Crippen molar-refractivity contribution in [2.24, 2.45) is 0 Å². The number of rotatable bonds is 8. The van der Waals surface area contributed by atoms with E-state index in [-0.39, 0.29) is 0 Å². The van der Waals surface area contributed by atoms with Gasteiger partial charge in [0.1, 0.15) is 0 Å². The zero-order chi connectivity index (χ0) is 14.2. The number of thioether (sulfide) groups is 1. The molecule has 20 heavy (non-hydrogen) atoms. The summed E-state index contributed by atoms with van der Waals surface area (Å²) in [6.45, 7) is 5.62. The lowest BCUT2D eigenvalue weighted by Crippen LogP contribution is -2.31. The quantitative estimate of drug-likeness (QED) is 0.678. The molecule has 1 nitrogen and oxygen atoms in total. The summed E-state index contributed by atoms with van der Waals surface area (Å²) in [5, 5.41) is 6.32. The highest BCUT2D eigenvalue weighted by Gasteiger charge is 2.07. The second kappa shape index (κ2) is 8.33. The van der Waals surface area contributed by atoms with Gasteiger partial charge in [-0.15, -0.1) is 11.8 Å². The highest BCUT2D eigenvalue weighted by molar-refractivity contribution is 7.99. The molecule has 1 unspecified atom stereocenters. The first kappa shape index (κ1) is 15.4. The van der Waals surface area contributed by atoms with Gasteiger partial charge < -0.3 is 5.32 Å². The van der Waals surface area contributed by atoms with Gasteiger partial charge in [0.15, 0.2) is 0 Å². The van der Waals surface area contributed by atoms with E-state index in [0.717, 1.165) is 12.3 Å². The van der Waals surface area contributed by atoms with Crippen LogP contribution in [0.5, 0.6) is 0 Å². The van der Waals surface area contributed by atoms with Crippen LogP contribution in [-0.2, 0) is 0 Å². The first-order valence-electron chi connectivity index (χ1n) is 7.68. The molecule has 1 atom stereocenters. The lowest BCUT2D eigenvalue weighted by atomic mass is 10.1. The average Bonchev–Trinajstić information content (AvgIpc) is 2.50. The molecule has 0 radical (unpaired) electrons. The van der Waals surface area contributed by atoms with Gasteiger partial charge in [-0.05, 0) is 42.3 Å². The predicted octanol–water partition coefficient (Wildman–Crippen LogP) is 5.10. The Balaban J connectivity index is 1.96. The number of fused-ring (bicyclic) bond motifs is 1. The second-order valence-electron chi connectivity index (χ2n) is 5.26. The van der Waals surface area contributed by atoms with Crippen molar-refractivity contribution in [1.82, 2.24) is 5.32 Å². The minimum atomic E-state index is 0.636. The summed E-state index contributed by atoms with van der Waals surface area (Å²) in [5.41, 5.74) is 0. The number of hydrogen-bond acceptors (Lipinski definition) is 2. The van der Waals surface area contributed by atoms with Crippen LogP contribution in [0.1, 0.15) is 33.1 Å². The molecule has 0 heterocycles. The molecule has 2 heteroatoms. The van der Waals surface area contributed by atoms with Crippen LogP contribution < -0.4 is 5.32 Å². The topological polar surface area (TPSA) is 12.0 Å². The van der Waals surface area contributed by atoms with E-state index in [1.165, 1.54) is 34.9 Å². The van der Waals surface area contributed by atoms with Crippen molar-refractivity contribution in [2.75, 3.05) is 12.3 Å². The van der Waals surface area contributed by atoms with Crippen LogP contribution >= 0.6 is 11.8 Å². The third-order valence-corrected chi connectivity index (χ3v) is 4.65. The first-order chi connectivity index (χ1) is 9.83. The number of hydrogen-bond donors (Lipinski definition) is 1. The van der Waals surface area contributed by atoms with Crippen LogP contribution in [0.15, 0.2) is 47.4 Å². The SMILES string of the molecule is CCCNC(CCC)CSc1ccc2ccccc2c1. The van der Waals surface area contributed by atoms with E-state index in [1.807, 2.05) is 11.8 Å². The average molecular weight is 287 g/mol. The predicted molar refractivity (Wildman–Crippen MR) is 91.7 cm³/mol. The van der Waals surface area contributed by atoms with Gasteiger partial charge >= 0.3 is 0 Å². The molecule has 0 fully saturated rings. The van der Waals surface area contributed by atoms with Gasteiger partial charge in [0.25, 0.3) is 0 Å². The fraction of sp³-hybridized carbons (Fsp3) is 0.444. The zero-order valence-electron chi connectivity index (χ0n) is 12.6. The molecule has 0 bridgehead atoms. The fourth-order valence-corrected chi connectivity index (χ4v) is 3.45.